The maximum Gasteiger partial charge on any atom is 0.173 e. The van der Waals surface area contributed by atoms with Crippen LogP contribution in [0.2, 0.25) is 0 Å². The first-order valence-corrected chi connectivity index (χ1v) is 6.57. The second kappa shape index (κ2) is 3.79. The molecule has 0 aliphatic carbocycles. The molecule has 6 heteroatoms. The zero-order valence-corrected chi connectivity index (χ0v) is 9.66. The molecule has 0 bridgehead atoms. The zero-order valence-electron chi connectivity index (χ0n) is 8.84. The number of hydrogen-bond donors (Lipinski definition) is 2. The quantitative estimate of drug-likeness (QED) is 0.793. The van der Waals surface area contributed by atoms with Crippen LogP contribution >= 0.6 is 0 Å². The molecule has 16 heavy (non-hydrogen) atoms. The Hall–Kier alpha value is -1.56. The molecule has 2 rings (SSSR count). The van der Waals surface area contributed by atoms with E-state index < -0.39 is 9.84 Å². The molecule has 1 unspecified atom stereocenters. The highest BCUT2D eigenvalue weighted by atomic mass is 32.2. The largest absolute Gasteiger partial charge is 0.398 e. The topological polar surface area (TPSA) is 85.1 Å². The van der Waals surface area contributed by atoms with E-state index in [0.717, 1.165) is 5.56 Å². The van der Waals surface area contributed by atoms with Crippen LogP contribution in [0.4, 0.5) is 11.5 Å². The average molecular weight is 239 g/mol. The van der Waals surface area contributed by atoms with E-state index in [0.29, 0.717) is 11.5 Å². The molecule has 0 saturated heterocycles. The molecule has 0 spiro atoms. The number of rotatable bonds is 2. The van der Waals surface area contributed by atoms with Crippen molar-refractivity contribution in [1.82, 2.24) is 4.98 Å². The van der Waals surface area contributed by atoms with Crippen LogP contribution in [0.5, 0.6) is 0 Å². The van der Waals surface area contributed by atoms with Gasteiger partial charge in [-0.15, -0.1) is 0 Å². The second-order valence-corrected chi connectivity index (χ2v) is 5.77. The fraction of sp³-hybridized carbons (Fsp3) is 0.300. The van der Waals surface area contributed by atoms with E-state index in [1.54, 1.807) is 18.3 Å². The minimum absolute atomic E-state index is 0.0719. The lowest BCUT2D eigenvalue weighted by Crippen LogP contribution is -2.21. The average Bonchev–Trinajstić information content (AvgIpc) is 2.52. The van der Waals surface area contributed by atoms with Crippen molar-refractivity contribution < 1.29 is 8.42 Å². The summed E-state index contributed by atoms with van der Waals surface area (Å²) in [6.07, 6.45) is 3.28. The number of nitrogens with one attached hydrogen (secondary N) is 1. The lowest BCUT2D eigenvalue weighted by molar-refractivity contribution is 0.605. The monoisotopic (exact) mass is 239 g/mol. The molecular weight excluding hydrogens is 226 g/mol. The number of sulfone groups is 1. The minimum atomic E-state index is -3.04. The van der Waals surface area contributed by atoms with Crippen molar-refractivity contribution in [2.45, 2.75) is 13.0 Å². The third-order valence-electron chi connectivity index (χ3n) is 2.41. The van der Waals surface area contributed by atoms with E-state index in [2.05, 4.69) is 10.3 Å². The molecule has 0 amide bonds. The Morgan fingerprint density at radius 3 is 2.88 bits per heavy atom. The third-order valence-corrected chi connectivity index (χ3v) is 3.80. The standard InChI is InChI=1S/C10H13N3O2S/c1-7-5-12-10(4-9(7)11)13-8-2-3-16(14,15)6-8/h2-5,8H,6H2,1H3,(H3,11,12,13). The van der Waals surface area contributed by atoms with Crippen molar-refractivity contribution in [3.63, 3.8) is 0 Å². The molecule has 1 atom stereocenters. The summed E-state index contributed by atoms with van der Waals surface area (Å²) in [5.74, 6) is 0.664. The first-order chi connectivity index (χ1) is 7.46. The molecule has 0 aromatic carbocycles. The maximum absolute atomic E-state index is 11.2. The van der Waals surface area contributed by atoms with E-state index in [1.165, 1.54) is 5.41 Å². The van der Waals surface area contributed by atoms with Gasteiger partial charge >= 0.3 is 0 Å². The highest BCUT2D eigenvalue weighted by molar-refractivity contribution is 7.94. The van der Waals surface area contributed by atoms with Gasteiger partial charge in [0.25, 0.3) is 0 Å². The Kier molecular flexibility index (Phi) is 2.59. The summed E-state index contributed by atoms with van der Waals surface area (Å²) in [7, 11) is -3.04. The van der Waals surface area contributed by atoms with Gasteiger partial charge in [0.2, 0.25) is 0 Å². The van der Waals surface area contributed by atoms with E-state index in [-0.39, 0.29) is 11.8 Å². The van der Waals surface area contributed by atoms with Gasteiger partial charge in [0, 0.05) is 23.4 Å². The Balaban J connectivity index is 2.11. The van der Waals surface area contributed by atoms with Crippen molar-refractivity contribution in [1.29, 1.82) is 0 Å². The predicted octanol–water partition coefficient (Wildman–Crippen LogP) is 0.695. The molecule has 1 aromatic rings. The zero-order chi connectivity index (χ0) is 11.8. The molecule has 1 aromatic heterocycles. The van der Waals surface area contributed by atoms with Gasteiger partial charge in [-0.3, -0.25) is 0 Å². The normalized spacial score (nSPS) is 22.2. The lowest BCUT2D eigenvalue weighted by Gasteiger charge is -2.11. The van der Waals surface area contributed by atoms with E-state index in [9.17, 15) is 8.42 Å². The molecule has 0 radical (unpaired) electrons. The van der Waals surface area contributed by atoms with Crippen molar-refractivity contribution in [2.75, 3.05) is 16.8 Å². The second-order valence-electron chi connectivity index (χ2n) is 3.84. The summed E-state index contributed by atoms with van der Waals surface area (Å²) in [5, 5.41) is 4.23. The number of pyridine rings is 1. The summed E-state index contributed by atoms with van der Waals surface area (Å²) in [5.41, 5.74) is 7.28. The first-order valence-electron chi connectivity index (χ1n) is 4.86. The molecule has 1 aliphatic heterocycles. The first kappa shape index (κ1) is 10.9. The van der Waals surface area contributed by atoms with Crippen molar-refractivity contribution in [2.24, 2.45) is 0 Å². The van der Waals surface area contributed by atoms with E-state index in [4.69, 9.17) is 5.73 Å². The van der Waals surface area contributed by atoms with Crippen molar-refractivity contribution in [3.8, 4) is 0 Å². The molecular formula is C10H13N3O2S. The Morgan fingerprint density at radius 2 is 2.31 bits per heavy atom. The van der Waals surface area contributed by atoms with Crippen LogP contribution in [0.25, 0.3) is 0 Å². The SMILES string of the molecule is Cc1cnc(NC2C=CS(=O)(=O)C2)cc1N. The third kappa shape index (κ3) is 2.33. The maximum atomic E-state index is 11.2. The number of nitrogens with two attached hydrogens (primary N) is 1. The van der Waals surface area contributed by atoms with Crippen LogP contribution in [-0.2, 0) is 9.84 Å². The van der Waals surface area contributed by atoms with Crippen LogP contribution in [-0.4, -0.2) is 25.2 Å². The fourth-order valence-corrected chi connectivity index (χ4v) is 2.71. The van der Waals surface area contributed by atoms with Crippen LogP contribution in [0.1, 0.15) is 5.56 Å². The van der Waals surface area contributed by atoms with Gasteiger partial charge in [-0.25, -0.2) is 13.4 Å². The Morgan fingerprint density at radius 1 is 1.56 bits per heavy atom. The van der Waals surface area contributed by atoms with Crippen molar-refractivity contribution in [3.05, 3.63) is 29.3 Å². The van der Waals surface area contributed by atoms with Gasteiger partial charge in [0.05, 0.1) is 11.8 Å². The number of nitrogens with zero attached hydrogens (tertiary/aromatic N) is 1. The van der Waals surface area contributed by atoms with Gasteiger partial charge < -0.3 is 11.1 Å². The number of hydrogen-bond acceptors (Lipinski definition) is 5. The minimum Gasteiger partial charge on any atom is -0.398 e. The molecule has 5 nitrogen and oxygen atoms in total. The molecule has 0 saturated carbocycles. The van der Waals surface area contributed by atoms with Crippen molar-refractivity contribution >= 4 is 21.3 Å². The lowest BCUT2D eigenvalue weighted by atomic mass is 10.2. The van der Waals surface area contributed by atoms with Crippen LogP contribution in [0.3, 0.4) is 0 Å². The van der Waals surface area contributed by atoms with Gasteiger partial charge in [-0.1, -0.05) is 0 Å². The summed E-state index contributed by atoms with van der Waals surface area (Å²) < 4.78 is 22.4. The summed E-state index contributed by atoms with van der Waals surface area (Å²) in [6.45, 7) is 1.87. The Bertz CT molecular complexity index is 537. The Labute approximate surface area is 94.3 Å². The molecule has 0 fully saturated rings. The molecule has 2 heterocycles. The van der Waals surface area contributed by atoms with Gasteiger partial charge in [-0.05, 0) is 18.6 Å². The molecule has 86 valence electrons. The smallest absolute Gasteiger partial charge is 0.173 e. The predicted molar refractivity (Wildman–Crippen MR) is 63.7 cm³/mol. The summed E-state index contributed by atoms with van der Waals surface area (Å²) in [6, 6.07) is 1.48. The highest BCUT2D eigenvalue weighted by Gasteiger charge is 2.21. The number of aromatic nitrogens is 1. The van der Waals surface area contributed by atoms with Crippen LogP contribution < -0.4 is 11.1 Å². The van der Waals surface area contributed by atoms with Gasteiger partial charge in [-0.2, -0.15) is 0 Å². The highest BCUT2D eigenvalue weighted by Crippen LogP contribution is 2.17. The van der Waals surface area contributed by atoms with E-state index in [1.807, 2.05) is 6.92 Å². The summed E-state index contributed by atoms with van der Waals surface area (Å²) >= 11 is 0. The van der Waals surface area contributed by atoms with Gasteiger partial charge in [0.15, 0.2) is 9.84 Å². The van der Waals surface area contributed by atoms with Crippen LogP contribution in [0.15, 0.2) is 23.7 Å². The number of anilines is 2. The molecule has 1 aliphatic rings. The number of aryl methyl sites for hydroxylation is 1. The fourth-order valence-electron chi connectivity index (χ4n) is 1.47. The molecule has 3 N–H and O–H groups in total. The summed E-state index contributed by atoms with van der Waals surface area (Å²) in [4.78, 5) is 4.13. The van der Waals surface area contributed by atoms with Gasteiger partial charge in [0.1, 0.15) is 5.82 Å². The number of nitrogen functional groups attached to an aromatic ring is 1. The van der Waals surface area contributed by atoms with Crippen LogP contribution in [0, 0.1) is 6.92 Å². The van der Waals surface area contributed by atoms with E-state index >= 15 is 0 Å².